The zero-order chi connectivity index (χ0) is 8.48. The van der Waals surface area contributed by atoms with Crippen LogP contribution in [0.15, 0.2) is 11.0 Å². The van der Waals surface area contributed by atoms with Gasteiger partial charge in [-0.1, -0.05) is 0 Å². The first kappa shape index (κ1) is 8.62. The fourth-order valence-electron chi connectivity index (χ4n) is 0.940. The Kier molecular flexibility index (Phi) is 2.25. The quantitative estimate of drug-likeness (QED) is 0.575. The summed E-state index contributed by atoms with van der Waals surface area (Å²) in [4.78, 5) is 0. The lowest BCUT2D eigenvalue weighted by atomic mass is 10.3. The van der Waals surface area contributed by atoms with Gasteiger partial charge < -0.3 is 0 Å². The lowest BCUT2D eigenvalue weighted by molar-refractivity contribution is 0.606. The van der Waals surface area contributed by atoms with Crippen molar-refractivity contribution < 1.29 is 8.42 Å². The van der Waals surface area contributed by atoms with Gasteiger partial charge in [0.05, 0.1) is 11.0 Å². The molecule has 0 fully saturated rings. The first-order chi connectivity index (χ1) is 5.05. The zero-order valence-electron chi connectivity index (χ0n) is 5.94. The van der Waals surface area contributed by atoms with Gasteiger partial charge in [0.1, 0.15) is 5.40 Å². The second-order valence-corrected chi connectivity index (χ2v) is 5.27. The van der Waals surface area contributed by atoms with Crippen molar-refractivity contribution in [2.75, 3.05) is 5.75 Å². The van der Waals surface area contributed by atoms with Crippen molar-refractivity contribution in [2.45, 2.75) is 12.2 Å². The van der Waals surface area contributed by atoms with Crippen LogP contribution in [-0.4, -0.2) is 19.4 Å². The van der Waals surface area contributed by atoms with E-state index in [0.717, 1.165) is 17.3 Å². The molecule has 0 N–H and O–H groups in total. The first-order valence-electron chi connectivity index (χ1n) is 3.01. The molecule has 0 saturated carbocycles. The summed E-state index contributed by atoms with van der Waals surface area (Å²) >= 11 is 1.01. The lowest BCUT2D eigenvalue weighted by Crippen LogP contribution is -2.08. The van der Waals surface area contributed by atoms with Crippen molar-refractivity contribution >= 4 is 21.6 Å². The summed E-state index contributed by atoms with van der Waals surface area (Å²) in [6, 6.07) is 0. The summed E-state index contributed by atoms with van der Waals surface area (Å²) in [6.45, 7) is 1.74. The van der Waals surface area contributed by atoms with Crippen molar-refractivity contribution in [1.29, 1.82) is 5.26 Å². The van der Waals surface area contributed by atoms with E-state index in [2.05, 4.69) is 0 Å². The Morgan fingerprint density at radius 3 is 2.82 bits per heavy atom. The van der Waals surface area contributed by atoms with Gasteiger partial charge in [-0.3, -0.25) is 0 Å². The molecule has 11 heavy (non-hydrogen) atoms. The highest BCUT2D eigenvalue weighted by atomic mass is 32.2. The molecule has 0 unspecified atom stereocenters. The van der Waals surface area contributed by atoms with Crippen molar-refractivity contribution in [3.8, 4) is 5.40 Å². The highest BCUT2D eigenvalue weighted by molar-refractivity contribution is 8.06. The molecule has 0 radical (unpaired) electrons. The van der Waals surface area contributed by atoms with Crippen LogP contribution in [0.5, 0.6) is 0 Å². The monoisotopic (exact) mass is 189 g/mol. The van der Waals surface area contributed by atoms with Crippen LogP contribution in [0.3, 0.4) is 0 Å². The molecular weight excluding hydrogens is 182 g/mol. The highest BCUT2D eigenvalue weighted by Crippen LogP contribution is 2.26. The second-order valence-electron chi connectivity index (χ2n) is 2.39. The molecule has 1 rings (SSSR count). The van der Waals surface area contributed by atoms with Crippen LogP contribution in [-0.2, 0) is 9.84 Å². The van der Waals surface area contributed by atoms with Gasteiger partial charge in [0.2, 0.25) is 0 Å². The first-order valence-corrected chi connectivity index (χ1v) is 5.60. The van der Waals surface area contributed by atoms with Gasteiger partial charge in [0, 0.05) is 5.41 Å². The SMILES string of the molecule is CC1=CS(=O)(=O)C[C@@H]1SC#N. The Labute approximate surface area is 70.0 Å². The summed E-state index contributed by atoms with van der Waals surface area (Å²) in [5.41, 5.74) is 0.775. The molecule has 0 aromatic rings. The fourth-order valence-corrected chi connectivity index (χ4v) is 3.76. The topological polar surface area (TPSA) is 57.9 Å². The largest absolute Gasteiger partial charge is 0.224 e. The molecule has 1 aliphatic heterocycles. The number of rotatable bonds is 1. The third kappa shape index (κ3) is 1.98. The zero-order valence-corrected chi connectivity index (χ0v) is 7.58. The Balaban J connectivity index is 2.83. The van der Waals surface area contributed by atoms with E-state index in [9.17, 15) is 8.42 Å². The maximum atomic E-state index is 10.9. The minimum absolute atomic E-state index is 0.0804. The molecule has 0 spiro atoms. The lowest BCUT2D eigenvalue weighted by Gasteiger charge is -2.01. The van der Waals surface area contributed by atoms with Crippen molar-refractivity contribution in [3.63, 3.8) is 0 Å². The summed E-state index contributed by atoms with van der Waals surface area (Å²) in [5, 5.41) is 11.3. The van der Waals surface area contributed by atoms with E-state index < -0.39 is 9.84 Å². The molecule has 1 atom stereocenters. The molecule has 0 aromatic carbocycles. The number of hydrogen-bond donors (Lipinski definition) is 0. The van der Waals surface area contributed by atoms with Crippen molar-refractivity contribution in [1.82, 2.24) is 0 Å². The third-order valence-electron chi connectivity index (χ3n) is 1.45. The fraction of sp³-hybridized carbons (Fsp3) is 0.500. The normalized spacial score (nSPS) is 27.6. The van der Waals surface area contributed by atoms with E-state index in [-0.39, 0.29) is 11.0 Å². The number of hydrogen-bond acceptors (Lipinski definition) is 4. The summed E-state index contributed by atoms with van der Waals surface area (Å²) in [5.74, 6) is 0.0804. The maximum Gasteiger partial charge on any atom is 0.173 e. The van der Waals surface area contributed by atoms with E-state index in [1.165, 1.54) is 5.41 Å². The Bertz CT molecular complexity index is 323. The smallest absolute Gasteiger partial charge is 0.173 e. The molecule has 0 saturated heterocycles. The van der Waals surface area contributed by atoms with E-state index in [4.69, 9.17) is 5.26 Å². The minimum Gasteiger partial charge on any atom is -0.224 e. The predicted molar refractivity (Wildman–Crippen MR) is 44.5 cm³/mol. The molecule has 3 nitrogen and oxygen atoms in total. The molecule has 0 aliphatic carbocycles. The van der Waals surface area contributed by atoms with Gasteiger partial charge in [0.15, 0.2) is 9.84 Å². The van der Waals surface area contributed by atoms with E-state index in [1.807, 2.05) is 5.40 Å². The summed E-state index contributed by atoms with van der Waals surface area (Å²) in [6.07, 6.45) is 0. The molecule has 60 valence electrons. The van der Waals surface area contributed by atoms with Crippen LogP contribution in [0.1, 0.15) is 6.92 Å². The summed E-state index contributed by atoms with van der Waals surface area (Å²) in [7, 11) is -3.00. The van der Waals surface area contributed by atoms with E-state index in [1.54, 1.807) is 6.92 Å². The Morgan fingerprint density at radius 1 is 1.82 bits per heavy atom. The Morgan fingerprint density at radius 2 is 2.45 bits per heavy atom. The molecule has 5 heteroatoms. The van der Waals surface area contributed by atoms with E-state index in [0.29, 0.717) is 0 Å². The van der Waals surface area contributed by atoms with Crippen LogP contribution in [0.4, 0.5) is 0 Å². The standard InChI is InChI=1S/C6H7NO2S2/c1-5-2-11(8,9)3-6(5)10-4-7/h2,6H,3H2,1H3/t6-/m0/s1. The molecule has 0 aromatic heterocycles. The number of thioether (sulfide) groups is 1. The molecule has 1 aliphatic rings. The Hall–Kier alpha value is -0.470. The van der Waals surface area contributed by atoms with Crippen LogP contribution in [0.25, 0.3) is 0 Å². The number of nitriles is 1. The van der Waals surface area contributed by atoms with Crippen LogP contribution in [0, 0.1) is 10.7 Å². The molecule has 0 amide bonds. The molecule has 0 bridgehead atoms. The van der Waals surface area contributed by atoms with Gasteiger partial charge in [-0.25, -0.2) is 8.42 Å². The van der Waals surface area contributed by atoms with E-state index >= 15 is 0 Å². The highest BCUT2D eigenvalue weighted by Gasteiger charge is 2.27. The van der Waals surface area contributed by atoms with Crippen molar-refractivity contribution in [3.05, 3.63) is 11.0 Å². The van der Waals surface area contributed by atoms with Gasteiger partial charge in [-0.05, 0) is 24.3 Å². The second kappa shape index (κ2) is 2.88. The predicted octanol–water partition coefficient (Wildman–Crippen LogP) is 0.901. The summed E-state index contributed by atoms with van der Waals surface area (Å²) < 4.78 is 21.9. The van der Waals surface area contributed by atoms with Crippen molar-refractivity contribution in [2.24, 2.45) is 0 Å². The van der Waals surface area contributed by atoms with Gasteiger partial charge in [0.25, 0.3) is 0 Å². The maximum absolute atomic E-state index is 10.9. The van der Waals surface area contributed by atoms with Crippen LogP contribution in [0.2, 0.25) is 0 Å². The minimum atomic E-state index is -3.00. The number of sulfone groups is 1. The van der Waals surface area contributed by atoms with Crippen LogP contribution >= 0.6 is 11.8 Å². The average Bonchev–Trinajstić information content (AvgIpc) is 2.07. The molecular formula is C6H7NO2S2. The molecule has 1 heterocycles. The van der Waals surface area contributed by atoms with Gasteiger partial charge in [-0.2, -0.15) is 5.26 Å². The number of nitrogens with zero attached hydrogens (tertiary/aromatic N) is 1. The van der Waals surface area contributed by atoms with Crippen LogP contribution < -0.4 is 0 Å². The number of thiocyanates is 1. The van der Waals surface area contributed by atoms with Gasteiger partial charge in [-0.15, -0.1) is 0 Å². The van der Waals surface area contributed by atoms with Gasteiger partial charge >= 0.3 is 0 Å². The third-order valence-corrected chi connectivity index (χ3v) is 4.12. The average molecular weight is 189 g/mol.